The number of amides is 1. The Hall–Kier alpha value is -2.82. The Bertz CT molecular complexity index is 629. The minimum absolute atomic E-state index is 0.120. The number of esters is 1. The average molecular weight is 298 g/mol. The summed E-state index contributed by atoms with van der Waals surface area (Å²) in [6.45, 7) is 1.90. The molecule has 0 radical (unpaired) electrons. The Labute approximate surface area is 129 Å². The third-order valence-corrected chi connectivity index (χ3v) is 3.00. The fourth-order valence-corrected chi connectivity index (χ4v) is 2.03. The Morgan fingerprint density at radius 1 is 1.14 bits per heavy atom. The Morgan fingerprint density at radius 3 is 2.50 bits per heavy atom. The van der Waals surface area contributed by atoms with Gasteiger partial charge in [0.05, 0.1) is 18.0 Å². The van der Waals surface area contributed by atoms with Gasteiger partial charge in [-0.15, -0.1) is 0 Å². The van der Waals surface area contributed by atoms with Crippen LogP contribution >= 0.6 is 0 Å². The van der Waals surface area contributed by atoms with Gasteiger partial charge in [0.25, 0.3) is 0 Å². The maximum absolute atomic E-state index is 11.6. The standard InChI is InChI=1S/C17H18N2O3/c1-2-22-17(21)12-19(13-20)16-11-7-6-10-15(16)18-14-8-4-3-5-9-14/h3-11,13,18H,2,12H2,1H3. The van der Waals surface area contributed by atoms with Gasteiger partial charge in [0, 0.05) is 5.69 Å². The van der Waals surface area contributed by atoms with Crippen molar-refractivity contribution in [2.45, 2.75) is 6.92 Å². The van der Waals surface area contributed by atoms with Gasteiger partial charge in [-0.1, -0.05) is 30.3 Å². The fourth-order valence-electron chi connectivity index (χ4n) is 2.03. The average Bonchev–Trinajstić information content (AvgIpc) is 2.54. The molecule has 5 nitrogen and oxygen atoms in total. The normalized spacial score (nSPS) is 9.86. The Kier molecular flexibility index (Phi) is 5.54. The van der Waals surface area contributed by atoms with Crippen LogP contribution in [0.15, 0.2) is 54.6 Å². The number of nitrogens with zero attached hydrogens (tertiary/aromatic N) is 1. The first-order valence-electron chi connectivity index (χ1n) is 7.03. The number of hydrogen-bond acceptors (Lipinski definition) is 4. The van der Waals surface area contributed by atoms with Crippen molar-refractivity contribution in [1.82, 2.24) is 0 Å². The molecular formula is C17H18N2O3. The predicted octanol–water partition coefficient (Wildman–Crippen LogP) is 2.96. The van der Waals surface area contributed by atoms with Gasteiger partial charge in [-0.2, -0.15) is 0 Å². The minimum Gasteiger partial charge on any atom is -0.465 e. The van der Waals surface area contributed by atoms with Crippen molar-refractivity contribution in [1.29, 1.82) is 0 Å². The van der Waals surface area contributed by atoms with Gasteiger partial charge in [-0.3, -0.25) is 9.59 Å². The van der Waals surface area contributed by atoms with Crippen LogP contribution in [0.25, 0.3) is 0 Å². The van der Waals surface area contributed by atoms with Gasteiger partial charge in [0.1, 0.15) is 6.54 Å². The molecule has 0 spiro atoms. The number of carbonyl (C=O) groups excluding carboxylic acids is 2. The molecular weight excluding hydrogens is 280 g/mol. The third kappa shape index (κ3) is 4.09. The van der Waals surface area contributed by atoms with Crippen LogP contribution in [0.3, 0.4) is 0 Å². The zero-order valence-electron chi connectivity index (χ0n) is 12.4. The van der Waals surface area contributed by atoms with Gasteiger partial charge in [-0.25, -0.2) is 0 Å². The van der Waals surface area contributed by atoms with E-state index in [4.69, 9.17) is 4.74 Å². The van der Waals surface area contributed by atoms with Crippen LogP contribution in [-0.4, -0.2) is 25.5 Å². The lowest BCUT2D eigenvalue weighted by molar-refractivity contribution is -0.141. The molecule has 22 heavy (non-hydrogen) atoms. The molecule has 0 atom stereocenters. The van der Waals surface area contributed by atoms with Crippen molar-refractivity contribution >= 4 is 29.4 Å². The quantitative estimate of drug-likeness (QED) is 0.630. The third-order valence-electron chi connectivity index (χ3n) is 3.00. The molecule has 114 valence electrons. The van der Waals surface area contributed by atoms with E-state index in [1.54, 1.807) is 13.0 Å². The monoisotopic (exact) mass is 298 g/mol. The van der Waals surface area contributed by atoms with Crippen molar-refractivity contribution in [2.24, 2.45) is 0 Å². The van der Waals surface area contributed by atoms with E-state index >= 15 is 0 Å². The van der Waals surface area contributed by atoms with Crippen LogP contribution in [0.2, 0.25) is 0 Å². The van der Waals surface area contributed by atoms with Gasteiger partial charge in [0.2, 0.25) is 6.41 Å². The first-order valence-corrected chi connectivity index (χ1v) is 7.03. The smallest absolute Gasteiger partial charge is 0.326 e. The summed E-state index contributed by atoms with van der Waals surface area (Å²) in [7, 11) is 0. The van der Waals surface area contributed by atoms with Crippen molar-refractivity contribution < 1.29 is 14.3 Å². The highest BCUT2D eigenvalue weighted by Crippen LogP contribution is 2.27. The SMILES string of the molecule is CCOC(=O)CN(C=O)c1ccccc1Nc1ccccc1. The fraction of sp³-hybridized carbons (Fsp3) is 0.176. The highest BCUT2D eigenvalue weighted by Gasteiger charge is 2.14. The molecule has 0 unspecified atom stereocenters. The van der Waals surface area contributed by atoms with Crippen LogP contribution in [0.1, 0.15) is 6.92 Å². The summed E-state index contributed by atoms with van der Waals surface area (Å²) < 4.78 is 4.89. The van der Waals surface area contributed by atoms with E-state index in [-0.39, 0.29) is 13.2 Å². The number of rotatable bonds is 7. The van der Waals surface area contributed by atoms with E-state index in [9.17, 15) is 9.59 Å². The lowest BCUT2D eigenvalue weighted by atomic mass is 10.2. The van der Waals surface area contributed by atoms with Crippen LogP contribution in [0.5, 0.6) is 0 Å². The largest absolute Gasteiger partial charge is 0.465 e. The summed E-state index contributed by atoms with van der Waals surface area (Å²) >= 11 is 0. The zero-order valence-corrected chi connectivity index (χ0v) is 12.4. The molecule has 2 rings (SSSR count). The molecule has 0 bridgehead atoms. The van der Waals surface area contributed by atoms with Gasteiger partial charge < -0.3 is 15.0 Å². The molecule has 1 N–H and O–H groups in total. The van der Waals surface area contributed by atoms with Crippen LogP contribution in [0.4, 0.5) is 17.1 Å². The van der Waals surface area contributed by atoms with Crippen LogP contribution in [-0.2, 0) is 14.3 Å². The number of nitrogens with one attached hydrogen (secondary N) is 1. The molecule has 1 amide bonds. The van der Waals surface area contributed by atoms with E-state index < -0.39 is 5.97 Å². The first kappa shape index (κ1) is 15.6. The van der Waals surface area contributed by atoms with E-state index in [2.05, 4.69) is 5.32 Å². The van der Waals surface area contributed by atoms with E-state index in [1.807, 2.05) is 48.5 Å². The van der Waals surface area contributed by atoms with Crippen LogP contribution in [0, 0.1) is 0 Å². The summed E-state index contributed by atoms with van der Waals surface area (Å²) in [5.41, 5.74) is 2.26. The summed E-state index contributed by atoms with van der Waals surface area (Å²) in [6.07, 6.45) is 0.627. The van der Waals surface area contributed by atoms with E-state index in [0.717, 1.165) is 11.4 Å². The maximum Gasteiger partial charge on any atom is 0.326 e. The molecule has 5 heteroatoms. The summed E-state index contributed by atoms with van der Waals surface area (Å²) in [6, 6.07) is 16.9. The highest BCUT2D eigenvalue weighted by atomic mass is 16.5. The molecule has 0 aliphatic heterocycles. The van der Waals surface area contributed by atoms with Crippen molar-refractivity contribution in [3.8, 4) is 0 Å². The molecule has 0 aliphatic carbocycles. The van der Waals surface area contributed by atoms with E-state index in [0.29, 0.717) is 12.1 Å². The Morgan fingerprint density at radius 2 is 1.82 bits per heavy atom. The highest BCUT2D eigenvalue weighted by molar-refractivity contribution is 5.91. The second kappa shape index (κ2) is 7.83. The second-order valence-electron chi connectivity index (χ2n) is 4.55. The van der Waals surface area contributed by atoms with Crippen molar-refractivity contribution in [2.75, 3.05) is 23.4 Å². The number of hydrogen-bond donors (Lipinski definition) is 1. The predicted molar refractivity (Wildman–Crippen MR) is 86.2 cm³/mol. The molecule has 0 aromatic heterocycles. The molecule has 2 aromatic rings. The first-order chi connectivity index (χ1) is 10.7. The van der Waals surface area contributed by atoms with Gasteiger partial charge >= 0.3 is 5.97 Å². The maximum atomic E-state index is 11.6. The Balaban J connectivity index is 2.22. The van der Waals surface area contributed by atoms with Gasteiger partial charge in [-0.05, 0) is 31.2 Å². The lowest BCUT2D eigenvalue weighted by Gasteiger charge is -2.20. The number of ether oxygens (including phenoxy) is 1. The molecule has 0 aliphatic rings. The summed E-state index contributed by atoms with van der Waals surface area (Å²) in [5.74, 6) is -0.441. The van der Waals surface area contributed by atoms with Crippen molar-refractivity contribution in [3.05, 3.63) is 54.6 Å². The van der Waals surface area contributed by atoms with E-state index in [1.165, 1.54) is 4.90 Å². The molecule has 0 saturated heterocycles. The summed E-state index contributed by atoms with van der Waals surface area (Å²) in [4.78, 5) is 24.3. The molecule has 0 heterocycles. The minimum atomic E-state index is -0.441. The van der Waals surface area contributed by atoms with Crippen molar-refractivity contribution in [3.63, 3.8) is 0 Å². The topological polar surface area (TPSA) is 58.6 Å². The number of para-hydroxylation sites is 3. The number of benzene rings is 2. The lowest BCUT2D eigenvalue weighted by Crippen LogP contribution is -2.30. The second-order valence-corrected chi connectivity index (χ2v) is 4.55. The number of anilines is 3. The molecule has 0 saturated carbocycles. The molecule has 2 aromatic carbocycles. The van der Waals surface area contributed by atoms with Gasteiger partial charge in [0.15, 0.2) is 0 Å². The zero-order chi connectivity index (χ0) is 15.8. The summed E-state index contributed by atoms with van der Waals surface area (Å²) in [5, 5.41) is 3.24. The van der Waals surface area contributed by atoms with Crippen LogP contribution < -0.4 is 10.2 Å². The molecule has 0 fully saturated rings. The number of carbonyl (C=O) groups is 2.